The molecule has 15 heavy (non-hydrogen) atoms. The molecule has 0 fully saturated rings. The molecule has 0 aliphatic carbocycles. The van der Waals surface area contributed by atoms with Gasteiger partial charge < -0.3 is 10.5 Å². The highest BCUT2D eigenvalue weighted by atomic mass is 32.1. The van der Waals surface area contributed by atoms with Crippen molar-refractivity contribution in [2.75, 3.05) is 7.11 Å². The lowest BCUT2D eigenvalue weighted by atomic mass is 10.1. The van der Waals surface area contributed by atoms with Gasteiger partial charge in [-0.1, -0.05) is 12.1 Å². The lowest BCUT2D eigenvalue weighted by molar-refractivity contribution is 0.415. The first kappa shape index (κ1) is 10.1. The molecule has 3 nitrogen and oxygen atoms in total. The minimum Gasteiger partial charge on any atom is -0.497 e. The van der Waals surface area contributed by atoms with Crippen LogP contribution in [0.15, 0.2) is 30.3 Å². The highest BCUT2D eigenvalue weighted by Gasteiger charge is 2.04. The van der Waals surface area contributed by atoms with Crippen LogP contribution in [0.1, 0.15) is 4.88 Å². The highest BCUT2D eigenvalue weighted by molar-refractivity contribution is 7.06. The first-order valence-corrected chi connectivity index (χ1v) is 5.41. The van der Waals surface area contributed by atoms with Crippen LogP contribution in [0.2, 0.25) is 0 Å². The molecule has 0 saturated heterocycles. The number of benzene rings is 1. The van der Waals surface area contributed by atoms with E-state index in [2.05, 4.69) is 4.37 Å². The van der Waals surface area contributed by atoms with E-state index in [1.165, 1.54) is 11.5 Å². The zero-order valence-corrected chi connectivity index (χ0v) is 9.25. The van der Waals surface area contributed by atoms with Gasteiger partial charge in [0.1, 0.15) is 5.75 Å². The summed E-state index contributed by atoms with van der Waals surface area (Å²) in [5.74, 6) is 0.842. The van der Waals surface area contributed by atoms with E-state index in [0.29, 0.717) is 6.54 Å². The van der Waals surface area contributed by atoms with E-state index >= 15 is 0 Å². The zero-order chi connectivity index (χ0) is 10.7. The molecule has 1 aromatic carbocycles. The second-order valence-electron chi connectivity index (χ2n) is 3.11. The number of nitrogens with two attached hydrogens (primary N) is 1. The van der Waals surface area contributed by atoms with Crippen LogP contribution in [0.3, 0.4) is 0 Å². The number of hydrogen-bond donors (Lipinski definition) is 1. The molecule has 1 aromatic heterocycles. The second-order valence-corrected chi connectivity index (χ2v) is 4.00. The maximum Gasteiger partial charge on any atom is 0.119 e. The number of nitrogens with zero attached hydrogens (tertiary/aromatic N) is 1. The summed E-state index contributed by atoms with van der Waals surface area (Å²) in [6, 6.07) is 9.86. The van der Waals surface area contributed by atoms with Gasteiger partial charge in [0.2, 0.25) is 0 Å². The molecule has 0 amide bonds. The normalized spacial score (nSPS) is 10.3. The Bertz CT molecular complexity index is 453. The van der Waals surface area contributed by atoms with Crippen LogP contribution in [0.5, 0.6) is 5.75 Å². The van der Waals surface area contributed by atoms with E-state index in [9.17, 15) is 0 Å². The Balaban J connectivity index is 2.35. The van der Waals surface area contributed by atoms with Crippen molar-refractivity contribution >= 4 is 11.5 Å². The third-order valence-electron chi connectivity index (χ3n) is 2.13. The van der Waals surface area contributed by atoms with Crippen molar-refractivity contribution in [3.05, 3.63) is 35.2 Å². The SMILES string of the molecule is COc1cccc(-c2cc(CN)sn2)c1. The molecule has 0 aliphatic heterocycles. The fourth-order valence-electron chi connectivity index (χ4n) is 1.33. The third kappa shape index (κ3) is 2.16. The molecule has 2 rings (SSSR count). The first-order chi connectivity index (χ1) is 7.33. The summed E-state index contributed by atoms with van der Waals surface area (Å²) in [5, 5.41) is 0. The number of methoxy groups -OCH3 is 1. The number of ether oxygens (including phenoxy) is 1. The van der Waals surface area contributed by atoms with Gasteiger partial charge in [0.15, 0.2) is 0 Å². The molecule has 0 spiro atoms. The molecule has 2 N–H and O–H groups in total. The van der Waals surface area contributed by atoms with Crippen LogP contribution in [0, 0.1) is 0 Å². The summed E-state index contributed by atoms with van der Waals surface area (Å²) >= 11 is 1.44. The maximum absolute atomic E-state index is 5.54. The van der Waals surface area contributed by atoms with Gasteiger partial charge in [0, 0.05) is 17.0 Å². The van der Waals surface area contributed by atoms with Crippen molar-refractivity contribution in [2.24, 2.45) is 5.73 Å². The molecule has 0 unspecified atom stereocenters. The fourth-order valence-corrected chi connectivity index (χ4v) is 1.94. The average Bonchev–Trinajstić information content (AvgIpc) is 2.78. The van der Waals surface area contributed by atoms with E-state index in [1.807, 2.05) is 30.3 Å². The Morgan fingerprint density at radius 1 is 1.40 bits per heavy atom. The lowest BCUT2D eigenvalue weighted by Gasteiger charge is -2.00. The van der Waals surface area contributed by atoms with Gasteiger partial charge in [-0.15, -0.1) is 0 Å². The van der Waals surface area contributed by atoms with Gasteiger partial charge in [0.05, 0.1) is 12.8 Å². The Labute approximate surface area is 92.7 Å². The molecule has 0 aliphatic rings. The van der Waals surface area contributed by atoms with Crippen molar-refractivity contribution in [3.63, 3.8) is 0 Å². The minimum absolute atomic E-state index is 0.543. The van der Waals surface area contributed by atoms with E-state index < -0.39 is 0 Å². The van der Waals surface area contributed by atoms with Crippen LogP contribution in [-0.4, -0.2) is 11.5 Å². The quantitative estimate of drug-likeness (QED) is 0.863. The van der Waals surface area contributed by atoms with Gasteiger partial charge in [-0.3, -0.25) is 0 Å². The van der Waals surface area contributed by atoms with E-state index in [-0.39, 0.29) is 0 Å². The van der Waals surface area contributed by atoms with Crippen molar-refractivity contribution in [1.29, 1.82) is 0 Å². The number of aromatic nitrogens is 1. The van der Waals surface area contributed by atoms with Gasteiger partial charge in [-0.05, 0) is 29.7 Å². The fraction of sp³-hybridized carbons (Fsp3) is 0.182. The predicted octanol–water partition coefficient (Wildman–Crippen LogP) is 2.28. The third-order valence-corrected chi connectivity index (χ3v) is 2.93. The molecule has 78 valence electrons. The van der Waals surface area contributed by atoms with Crippen LogP contribution >= 0.6 is 11.5 Å². The van der Waals surface area contributed by atoms with Crippen molar-refractivity contribution in [2.45, 2.75) is 6.54 Å². The monoisotopic (exact) mass is 220 g/mol. The molecule has 0 bridgehead atoms. The van der Waals surface area contributed by atoms with Crippen molar-refractivity contribution in [1.82, 2.24) is 4.37 Å². The predicted molar refractivity (Wildman–Crippen MR) is 62.0 cm³/mol. The summed E-state index contributed by atoms with van der Waals surface area (Å²) in [6.07, 6.45) is 0. The van der Waals surface area contributed by atoms with Crippen LogP contribution < -0.4 is 10.5 Å². The lowest BCUT2D eigenvalue weighted by Crippen LogP contribution is -1.91. The van der Waals surface area contributed by atoms with E-state index in [0.717, 1.165) is 21.9 Å². The molecule has 0 atom stereocenters. The highest BCUT2D eigenvalue weighted by Crippen LogP contribution is 2.24. The zero-order valence-electron chi connectivity index (χ0n) is 8.43. The van der Waals surface area contributed by atoms with Gasteiger partial charge >= 0.3 is 0 Å². The Hall–Kier alpha value is -1.39. The van der Waals surface area contributed by atoms with Crippen molar-refractivity contribution in [3.8, 4) is 17.0 Å². The molecule has 4 heteroatoms. The van der Waals surface area contributed by atoms with Crippen LogP contribution in [-0.2, 0) is 6.54 Å². The first-order valence-electron chi connectivity index (χ1n) is 4.63. The number of hydrogen-bond acceptors (Lipinski definition) is 4. The molecule has 0 saturated carbocycles. The van der Waals surface area contributed by atoms with E-state index in [4.69, 9.17) is 10.5 Å². The Kier molecular flexibility index (Phi) is 2.99. The Morgan fingerprint density at radius 3 is 2.93 bits per heavy atom. The van der Waals surface area contributed by atoms with Crippen LogP contribution in [0.25, 0.3) is 11.3 Å². The topological polar surface area (TPSA) is 48.1 Å². The molecule has 1 heterocycles. The second kappa shape index (κ2) is 4.42. The molecular weight excluding hydrogens is 208 g/mol. The average molecular weight is 220 g/mol. The summed E-state index contributed by atoms with van der Waals surface area (Å²) in [6.45, 7) is 0.543. The summed E-state index contributed by atoms with van der Waals surface area (Å²) < 4.78 is 9.50. The standard InChI is InChI=1S/C11H12N2OS/c1-14-9-4-2-3-8(5-9)11-6-10(7-12)15-13-11/h2-6H,7,12H2,1H3. The maximum atomic E-state index is 5.54. The summed E-state index contributed by atoms with van der Waals surface area (Å²) in [7, 11) is 1.66. The largest absolute Gasteiger partial charge is 0.497 e. The Morgan fingerprint density at radius 2 is 2.27 bits per heavy atom. The van der Waals surface area contributed by atoms with Gasteiger partial charge in [-0.25, -0.2) is 0 Å². The van der Waals surface area contributed by atoms with Crippen LogP contribution in [0.4, 0.5) is 0 Å². The van der Waals surface area contributed by atoms with Gasteiger partial charge in [-0.2, -0.15) is 4.37 Å². The molecular formula is C11H12N2OS. The minimum atomic E-state index is 0.543. The molecule has 0 radical (unpaired) electrons. The van der Waals surface area contributed by atoms with Crippen molar-refractivity contribution < 1.29 is 4.74 Å². The summed E-state index contributed by atoms with van der Waals surface area (Å²) in [5.41, 5.74) is 7.56. The summed E-state index contributed by atoms with van der Waals surface area (Å²) in [4.78, 5) is 1.09. The molecule has 2 aromatic rings. The van der Waals surface area contributed by atoms with Gasteiger partial charge in [0.25, 0.3) is 0 Å². The smallest absolute Gasteiger partial charge is 0.119 e. The van der Waals surface area contributed by atoms with E-state index in [1.54, 1.807) is 7.11 Å². The number of rotatable bonds is 3.